The van der Waals surface area contributed by atoms with Crippen LogP contribution in [0.25, 0.3) is 5.65 Å². The minimum atomic E-state index is -0.475. The van der Waals surface area contributed by atoms with Crippen LogP contribution in [0, 0.1) is 6.92 Å². The van der Waals surface area contributed by atoms with E-state index in [1.54, 1.807) is 13.0 Å². The molecule has 2 aromatic rings. The molecule has 94 valence electrons. The summed E-state index contributed by atoms with van der Waals surface area (Å²) in [5.74, 6) is -0.475. The molecule has 0 aliphatic heterocycles. The van der Waals surface area contributed by atoms with Crippen LogP contribution >= 0.6 is 0 Å². The predicted octanol–water partition coefficient (Wildman–Crippen LogP) is 1.02. The Morgan fingerprint density at radius 1 is 1.67 bits per heavy atom. The minimum Gasteiger partial charge on any atom is -0.462 e. The van der Waals surface area contributed by atoms with Gasteiger partial charge in [0.1, 0.15) is 5.56 Å². The van der Waals surface area contributed by atoms with Gasteiger partial charge in [0.25, 0.3) is 0 Å². The number of nitrogens with zero attached hydrogens (tertiary/aromatic N) is 4. The molecule has 7 heteroatoms. The third-order valence-electron chi connectivity index (χ3n) is 2.36. The highest BCUT2D eigenvalue weighted by molar-refractivity contribution is 5.96. The maximum atomic E-state index is 11.7. The van der Waals surface area contributed by atoms with Crippen LogP contribution in [0.2, 0.25) is 0 Å². The van der Waals surface area contributed by atoms with Crippen molar-refractivity contribution in [1.29, 1.82) is 0 Å². The van der Waals surface area contributed by atoms with E-state index in [0.29, 0.717) is 11.3 Å². The number of oxime groups is 1. The molecule has 0 atom stereocenters. The number of hydrogen-bond donors (Lipinski definition) is 1. The second kappa shape index (κ2) is 4.82. The van der Waals surface area contributed by atoms with Crippen LogP contribution in [0.3, 0.4) is 0 Å². The smallest absolute Gasteiger partial charge is 0.343 e. The molecule has 0 aromatic carbocycles. The lowest BCUT2D eigenvalue weighted by molar-refractivity contribution is 0.0528. The first kappa shape index (κ1) is 12.0. The molecule has 2 rings (SSSR count). The fourth-order valence-electron chi connectivity index (χ4n) is 1.62. The maximum Gasteiger partial charge on any atom is 0.343 e. The van der Waals surface area contributed by atoms with Gasteiger partial charge >= 0.3 is 5.97 Å². The maximum absolute atomic E-state index is 11.7. The van der Waals surface area contributed by atoms with E-state index < -0.39 is 5.97 Å². The molecular formula is C11H12N4O3. The van der Waals surface area contributed by atoms with Gasteiger partial charge in [-0.15, -0.1) is 0 Å². The molecule has 0 radical (unpaired) electrons. The van der Waals surface area contributed by atoms with E-state index in [2.05, 4.69) is 15.2 Å². The van der Waals surface area contributed by atoms with Crippen molar-refractivity contribution in [3.05, 3.63) is 29.2 Å². The van der Waals surface area contributed by atoms with Crippen molar-refractivity contribution in [3.8, 4) is 0 Å². The molecule has 0 aliphatic carbocycles. The van der Waals surface area contributed by atoms with Crippen LogP contribution < -0.4 is 0 Å². The van der Waals surface area contributed by atoms with E-state index in [-0.39, 0.29) is 12.2 Å². The van der Waals surface area contributed by atoms with Gasteiger partial charge in [0.2, 0.25) is 0 Å². The lowest BCUT2D eigenvalue weighted by atomic mass is 10.3. The summed E-state index contributed by atoms with van der Waals surface area (Å²) in [6, 6.07) is 1.69. The number of esters is 1. The van der Waals surface area contributed by atoms with Crippen molar-refractivity contribution >= 4 is 17.8 Å². The number of carbonyl (C=O) groups is 1. The van der Waals surface area contributed by atoms with Crippen LogP contribution in [0.5, 0.6) is 0 Å². The van der Waals surface area contributed by atoms with Gasteiger partial charge in [0.05, 0.1) is 24.7 Å². The zero-order valence-electron chi connectivity index (χ0n) is 9.99. The molecule has 0 unspecified atom stereocenters. The SMILES string of the molecule is CCOC(=O)c1cnn2c(C)cc(C=NO)nc12. The summed E-state index contributed by atoms with van der Waals surface area (Å²) >= 11 is 0. The van der Waals surface area contributed by atoms with Crippen molar-refractivity contribution in [3.63, 3.8) is 0 Å². The van der Waals surface area contributed by atoms with Gasteiger partial charge in [0.15, 0.2) is 5.65 Å². The molecule has 0 amide bonds. The molecule has 0 saturated heterocycles. The Labute approximate surface area is 103 Å². The van der Waals surface area contributed by atoms with Gasteiger partial charge in [-0.1, -0.05) is 5.16 Å². The minimum absolute atomic E-state index is 0.285. The molecule has 2 aromatic heterocycles. The fourth-order valence-corrected chi connectivity index (χ4v) is 1.62. The summed E-state index contributed by atoms with van der Waals surface area (Å²) in [6.07, 6.45) is 2.60. The number of aryl methyl sites for hydroxylation is 1. The Balaban J connectivity index is 2.59. The third kappa shape index (κ3) is 2.02. The third-order valence-corrected chi connectivity index (χ3v) is 2.36. The quantitative estimate of drug-likeness (QED) is 0.379. The molecular weight excluding hydrogens is 236 g/mol. The van der Waals surface area contributed by atoms with Crippen molar-refractivity contribution < 1.29 is 14.7 Å². The van der Waals surface area contributed by atoms with E-state index in [9.17, 15) is 4.79 Å². The van der Waals surface area contributed by atoms with Gasteiger partial charge < -0.3 is 9.94 Å². The number of ether oxygens (including phenoxy) is 1. The molecule has 1 N–H and O–H groups in total. The Morgan fingerprint density at radius 3 is 3.11 bits per heavy atom. The zero-order chi connectivity index (χ0) is 13.1. The lowest BCUT2D eigenvalue weighted by Crippen LogP contribution is -2.06. The molecule has 0 saturated carbocycles. The highest BCUT2D eigenvalue weighted by Crippen LogP contribution is 2.12. The molecule has 0 fully saturated rings. The lowest BCUT2D eigenvalue weighted by Gasteiger charge is -2.02. The van der Waals surface area contributed by atoms with Crippen LogP contribution in [0.15, 0.2) is 17.4 Å². The number of carbonyl (C=O) groups excluding carboxylic acids is 1. The second-order valence-electron chi connectivity index (χ2n) is 3.58. The zero-order valence-corrected chi connectivity index (χ0v) is 9.99. The van der Waals surface area contributed by atoms with Gasteiger partial charge in [-0.2, -0.15) is 5.10 Å². The van der Waals surface area contributed by atoms with Crippen molar-refractivity contribution in [2.75, 3.05) is 6.61 Å². The first-order valence-corrected chi connectivity index (χ1v) is 5.37. The number of rotatable bonds is 3. The number of hydrogen-bond acceptors (Lipinski definition) is 6. The van der Waals surface area contributed by atoms with Gasteiger partial charge in [-0.25, -0.2) is 14.3 Å². The highest BCUT2D eigenvalue weighted by Gasteiger charge is 2.16. The Hall–Kier alpha value is -2.44. The summed E-state index contributed by atoms with van der Waals surface area (Å²) in [5, 5.41) is 15.5. The average molecular weight is 248 g/mol. The van der Waals surface area contributed by atoms with Gasteiger partial charge in [-0.05, 0) is 19.9 Å². The van der Waals surface area contributed by atoms with Crippen LogP contribution in [-0.4, -0.2) is 38.6 Å². The van der Waals surface area contributed by atoms with Gasteiger partial charge in [-0.3, -0.25) is 0 Å². The standard InChI is InChI=1S/C11H12N4O3/c1-3-18-11(16)9-6-12-15-7(2)4-8(5-13-17)14-10(9)15/h4-6,17H,3H2,1-2H3. The van der Waals surface area contributed by atoms with E-state index in [0.717, 1.165) is 5.69 Å². The first-order chi connectivity index (χ1) is 8.67. The molecule has 18 heavy (non-hydrogen) atoms. The Bertz CT molecular complexity index is 618. The summed E-state index contributed by atoms with van der Waals surface area (Å²) in [4.78, 5) is 15.9. The first-order valence-electron chi connectivity index (χ1n) is 5.37. The summed E-state index contributed by atoms with van der Waals surface area (Å²) in [5.41, 5.74) is 1.87. The summed E-state index contributed by atoms with van der Waals surface area (Å²) in [7, 11) is 0. The summed E-state index contributed by atoms with van der Waals surface area (Å²) in [6.45, 7) is 3.82. The normalized spacial score (nSPS) is 11.2. The van der Waals surface area contributed by atoms with Gasteiger partial charge in [0, 0.05) is 5.69 Å². The van der Waals surface area contributed by atoms with E-state index in [1.807, 2.05) is 6.92 Å². The molecule has 0 spiro atoms. The number of fused-ring (bicyclic) bond motifs is 1. The fraction of sp³-hybridized carbons (Fsp3) is 0.273. The number of aromatic nitrogens is 3. The Kier molecular flexibility index (Phi) is 3.22. The van der Waals surface area contributed by atoms with Crippen molar-refractivity contribution in [2.24, 2.45) is 5.16 Å². The molecule has 2 heterocycles. The molecule has 0 bridgehead atoms. The van der Waals surface area contributed by atoms with Crippen LogP contribution in [0.4, 0.5) is 0 Å². The van der Waals surface area contributed by atoms with E-state index >= 15 is 0 Å². The molecule has 7 nitrogen and oxygen atoms in total. The predicted molar refractivity (Wildman–Crippen MR) is 63.1 cm³/mol. The second-order valence-corrected chi connectivity index (χ2v) is 3.58. The summed E-state index contributed by atoms with van der Waals surface area (Å²) < 4.78 is 6.45. The van der Waals surface area contributed by atoms with E-state index in [4.69, 9.17) is 9.94 Å². The highest BCUT2D eigenvalue weighted by atomic mass is 16.5. The average Bonchev–Trinajstić information content (AvgIpc) is 2.74. The van der Waals surface area contributed by atoms with Crippen LogP contribution in [-0.2, 0) is 4.74 Å². The molecule has 0 aliphatic rings. The van der Waals surface area contributed by atoms with Crippen LogP contribution in [0.1, 0.15) is 28.7 Å². The Morgan fingerprint density at radius 2 is 2.44 bits per heavy atom. The van der Waals surface area contributed by atoms with E-state index in [1.165, 1.54) is 16.9 Å². The van der Waals surface area contributed by atoms with Crippen molar-refractivity contribution in [1.82, 2.24) is 14.6 Å². The largest absolute Gasteiger partial charge is 0.462 e. The topological polar surface area (TPSA) is 89.1 Å². The van der Waals surface area contributed by atoms with Crippen molar-refractivity contribution in [2.45, 2.75) is 13.8 Å². The monoisotopic (exact) mass is 248 g/mol.